The van der Waals surface area contributed by atoms with Crippen molar-refractivity contribution in [3.63, 3.8) is 0 Å². The van der Waals surface area contributed by atoms with Gasteiger partial charge in [-0.2, -0.15) is 13.2 Å². The summed E-state index contributed by atoms with van der Waals surface area (Å²) in [5, 5.41) is 0. The van der Waals surface area contributed by atoms with Crippen LogP contribution in [0.2, 0.25) is 0 Å². The number of amides is 1. The first-order valence-electron chi connectivity index (χ1n) is 6.68. The van der Waals surface area contributed by atoms with E-state index >= 15 is 0 Å². The monoisotopic (exact) mass is 301 g/mol. The fourth-order valence-corrected chi connectivity index (χ4v) is 2.40. The third kappa shape index (κ3) is 3.95. The van der Waals surface area contributed by atoms with Crippen LogP contribution in [0, 0.1) is 0 Å². The van der Waals surface area contributed by atoms with Crippen LogP contribution in [0.25, 0.3) is 0 Å². The summed E-state index contributed by atoms with van der Waals surface area (Å²) in [6, 6.07) is 3.72. The average Bonchev–Trinajstić information content (AvgIpc) is 2.40. The second kappa shape index (κ2) is 6.03. The van der Waals surface area contributed by atoms with Gasteiger partial charge in [-0.05, 0) is 24.7 Å². The van der Waals surface area contributed by atoms with Gasteiger partial charge in [0.25, 0.3) is 0 Å². The van der Waals surface area contributed by atoms with Crippen LogP contribution in [0.3, 0.4) is 0 Å². The van der Waals surface area contributed by atoms with Crippen molar-refractivity contribution in [1.82, 2.24) is 9.80 Å². The quantitative estimate of drug-likeness (QED) is 0.921. The fourth-order valence-electron chi connectivity index (χ4n) is 2.40. The average molecular weight is 301 g/mol. The molecule has 0 spiro atoms. The summed E-state index contributed by atoms with van der Waals surface area (Å²) in [5.74, 6) is -1.06. The maximum atomic E-state index is 13.0. The van der Waals surface area contributed by atoms with Crippen molar-refractivity contribution < 1.29 is 18.0 Å². The molecule has 0 bridgehead atoms. The molecule has 1 aliphatic heterocycles. The summed E-state index contributed by atoms with van der Waals surface area (Å²) in [4.78, 5) is 15.4. The number of rotatable bonds is 3. The number of benzene rings is 1. The Bertz CT molecular complexity index is 523. The number of hydrogen-bond donors (Lipinski definition) is 1. The molecule has 1 aliphatic rings. The normalized spacial score (nSPS) is 17.9. The van der Waals surface area contributed by atoms with Crippen LogP contribution in [-0.2, 0) is 12.7 Å². The van der Waals surface area contributed by atoms with Crippen LogP contribution in [0.15, 0.2) is 18.2 Å². The number of primary amides is 1. The van der Waals surface area contributed by atoms with Crippen LogP contribution >= 0.6 is 0 Å². The van der Waals surface area contributed by atoms with Crippen LogP contribution in [-0.4, -0.2) is 48.9 Å². The van der Waals surface area contributed by atoms with E-state index in [0.29, 0.717) is 12.1 Å². The number of halogens is 3. The van der Waals surface area contributed by atoms with Gasteiger partial charge in [0.05, 0.1) is 11.1 Å². The highest BCUT2D eigenvalue weighted by Crippen LogP contribution is 2.32. The summed E-state index contributed by atoms with van der Waals surface area (Å²) in [6.07, 6.45) is -4.58. The van der Waals surface area contributed by atoms with Crippen molar-refractivity contribution in [3.05, 3.63) is 34.9 Å². The van der Waals surface area contributed by atoms with E-state index in [-0.39, 0.29) is 0 Å². The molecule has 0 atom stereocenters. The van der Waals surface area contributed by atoms with Gasteiger partial charge >= 0.3 is 6.18 Å². The van der Waals surface area contributed by atoms with Crippen molar-refractivity contribution in [2.45, 2.75) is 12.7 Å². The van der Waals surface area contributed by atoms with Crippen LogP contribution < -0.4 is 5.73 Å². The predicted octanol–water partition coefficient (Wildman–Crippen LogP) is 1.55. The van der Waals surface area contributed by atoms with Gasteiger partial charge in [-0.25, -0.2) is 0 Å². The van der Waals surface area contributed by atoms with Crippen molar-refractivity contribution >= 4 is 5.91 Å². The van der Waals surface area contributed by atoms with Crippen molar-refractivity contribution in [2.24, 2.45) is 5.73 Å². The van der Waals surface area contributed by atoms with Gasteiger partial charge in [-0.1, -0.05) is 6.07 Å². The minimum Gasteiger partial charge on any atom is -0.366 e. The molecule has 1 aromatic carbocycles. The summed E-state index contributed by atoms with van der Waals surface area (Å²) in [5.41, 5.74) is 4.11. The van der Waals surface area contributed by atoms with E-state index in [4.69, 9.17) is 5.73 Å². The maximum Gasteiger partial charge on any atom is 0.417 e. The molecule has 4 nitrogen and oxygen atoms in total. The smallest absolute Gasteiger partial charge is 0.366 e. The zero-order valence-electron chi connectivity index (χ0n) is 11.8. The highest BCUT2D eigenvalue weighted by Gasteiger charge is 2.35. The predicted molar refractivity (Wildman–Crippen MR) is 72.7 cm³/mol. The van der Waals surface area contributed by atoms with E-state index < -0.39 is 23.2 Å². The van der Waals surface area contributed by atoms with Gasteiger partial charge in [-0.3, -0.25) is 9.69 Å². The lowest BCUT2D eigenvalue weighted by Crippen LogP contribution is -2.43. The Balaban J connectivity index is 2.20. The number of hydrogen-bond acceptors (Lipinski definition) is 3. The molecule has 7 heteroatoms. The Morgan fingerprint density at radius 3 is 2.38 bits per heavy atom. The summed E-state index contributed by atoms with van der Waals surface area (Å²) in [7, 11) is 2.01. The first kappa shape index (κ1) is 15.8. The third-order valence-corrected chi connectivity index (χ3v) is 3.66. The molecular formula is C14H18F3N3O. The summed E-state index contributed by atoms with van der Waals surface area (Å²) < 4.78 is 39.0. The summed E-state index contributed by atoms with van der Waals surface area (Å²) in [6.45, 7) is 3.86. The molecule has 2 N–H and O–H groups in total. The lowest BCUT2D eigenvalue weighted by atomic mass is 10.0. The molecule has 1 aromatic rings. The fraction of sp³-hybridized carbons (Fsp3) is 0.500. The number of carbonyl (C=O) groups is 1. The Morgan fingerprint density at radius 2 is 1.86 bits per heavy atom. The number of nitrogens with two attached hydrogens (primary N) is 1. The van der Waals surface area contributed by atoms with Gasteiger partial charge in [0.15, 0.2) is 0 Å². The molecule has 1 amide bonds. The first-order chi connectivity index (χ1) is 9.77. The molecule has 0 saturated carbocycles. The van der Waals surface area contributed by atoms with Gasteiger partial charge in [0, 0.05) is 32.7 Å². The SMILES string of the molecule is CN1CCN(Cc2ccc(C(N)=O)c(C(F)(F)F)c2)CC1. The summed E-state index contributed by atoms with van der Waals surface area (Å²) >= 11 is 0. The number of carbonyl (C=O) groups excluding carboxylic acids is 1. The molecule has 0 unspecified atom stereocenters. The Morgan fingerprint density at radius 1 is 1.24 bits per heavy atom. The highest BCUT2D eigenvalue weighted by atomic mass is 19.4. The Labute approximate surface area is 121 Å². The lowest BCUT2D eigenvalue weighted by Gasteiger charge is -2.32. The third-order valence-electron chi connectivity index (χ3n) is 3.66. The van der Waals surface area contributed by atoms with Gasteiger partial charge < -0.3 is 10.6 Å². The van der Waals surface area contributed by atoms with Gasteiger partial charge in [0.2, 0.25) is 5.91 Å². The van der Waals surface area contributed by atoms with Gasteiger partial charge in [-0.15, -0.1) is 0 Å². The van der Waals surface area contributed by atoms with Crippen LogP contribution in [0.4, 0.5) is 13.2 Å². The maximum absolute atomic E-state index is 13.0. The van der Waals surface area contributed by atoms with Crippen LogP contribution in [0.1, 0.15) is 21.5 Å². The lowest BCUT2D eigenvalue weighted by molar-refractivity contribution is -0.138. The van der Waals surface area contributed by atoms with E-state index in [2.05, 4.69) is 9.80 Å². The van der Waals surface area contributed by atoms with E-state index in [9.17, 15) is 18.0 Å². The Kier molecular flexibility index (Phi) is 4.53. The molecule has 0 aromatic heterocycles. The first-order valence-corrected chi connectivity index (χ1v) is 6.68. The number of nitrogens with zero attached hydrogens (tertiary/aromatic N) is 2. The van der Waals surface area contributed by atoms with Gasteiger partial charge in [0.1, 0.15) is 0 Å². The molecule has 2 rings (SSSR count). The minimum absolute atomic E-state index is 0.440. The largest absolute Gasteiger partial charge is 0.417 e. The standard InChI is InChI=1S/C14H18F3N3O/c1-19-4-6-20(7-5-19)9-10-2-3-11(13(18)21)12(8-10)14(15,16)17/h2-3,8H,4-7,9H2,1H3,(H2,18,21). The minimum atomic E-state index is -4.58. The number of alkyl halides is 3. The van der Waals surface area contributed by atoms with Crippen molar-refractivity contribution in [3.8, 4) is 0 Å². The molecule has 0 radical (unpaired) electrons. The number of likely N-dealkylation sites (N-methyl/N-ethyl adjacent to an activating group) is 1. The van der Waals surface area contributed by atoms with E-state index in [0.717, 1.165) is 38.3 Å². The molecule has 1 heterocycles. The van der Waals surface area contributed by atoms with Crippen molar-refractivity contribution in [1.29, 1.82) is 0 Å². The Hall–Kier alpha value is -1.60. The highest BCUT2D eigenvalue weighted by molar-refractivity contribution is 5.94. The zero-order chi connectivity index (χ0) is 15.6. The molecule has 1 saturated heterocycles. The van der Waals surface area contributed by atoms with Crippen molar-refractivity contribution in [2.75, 3.05) is 33.2 Å². The molecule has 116 valence electrons. The van der Waals surface area contributed by atoms with E-state index in [1.165, 1.54) is 6.07 Å². The van der Waals surface area contributed by atoms with Crippen LogP contribution in [0.5, 0.6) is 0 Å². The molecule has 0 aliphatic carbocycles. The molecule has 1 fully saturated rings. The topological polar surface area (TPSA) is 49.6 Å². The zero-order valence-corrected chi connectivity index (χ0v) is 11.8. The van der Waals surface area contributed by atoms with E-state index in [1.54, 1.807) is 0 Å². The molecule has 21 heavy (non-hydrogen) atoms. The second-order valence-corrected chi connectivity index (χ2v) is 5.32. The number of piperazine rings is 1. The second-order valence-electron chi connectivity index (χ2n) is 5.32. The van der Waals surface area contributed by atoms with E-state index in [1.807, 2.05) is 7.05 Å². The molecular weight excluding hydrogens is 283 g/mol.